The molecule has 4 heteroatoms. The van der Waals surface area contributed by atoms with Gasteiger partial charge in [0.2, 0.25) is 0 Å². The number of rotatable bonds is 4. The van der Waals surface area contributed by atoms with E-state index in [9.17, 15) is 5.11 Å². The van der Waals surface area contributed by atoms with Gasteiger partial charge in [0.15, 0.2) is 0 Å². The minimum atomic E-state index is -0.447. The highest BCUT2D eigenvalue weighted by atomic mass is 16.5. The predicted octanol–water partition coefficient (Wildman–Crippen LogP) is 1.29. The molecule has 0 bridgehead atoms. The normalized spacial score (nSPS) is 23.0. The molecule has 2 unspecified atom stereocenters. The highest BCUT2D eigenvalue weighted by Crippen LogP contribution is 2.17. The maximum absolute atomic E-state index is 10.3. The molecular formula is C15H24N2O2. The largest absolute Gasteiger partial charge is 0.387 e. The van der Waals surface area contributed by atoms with Crippen LogP contribution in [0.1, 0.15) is 30.6 Å². The molecule has 1 aliphatic heterocycles. The molecule has 0 saturated carbocycles. The number of β-amino-alcohol motifs (C(OH)–C–C–N with tert-alkyl or cyclic N) is 1. The number of hydrogen-bond donors (Lipinski definition) is 2. The lowest BCUT2D eigenvalue weighted by atomic mass is 10.1. The topological polar surface area (TPSA) is 58.7 Å². The Bertz CT molecular complexity index is 380. The van der Waals surface area contributed by atoms with Crippen molar-refractivity contribution in [2.24, 2.45) is 5.73 Å². The van der Waals surface area contributed by atoms with Crippen LogP contribution in [0.15, 0.2) is 24.3 Å². The molecule has 19 heavy (non-hydrogen) atoms. The summed E-state index contributed by atoms with van der Waals surface area (Å²) in [5, 5.41) is 10.3. The summed E-state index contributed by atoms with van der Waals surface area (Å²) in [6.45, 7) is 5.98. The number of nitrogens with two attached hydrogens (primary N) is 1. The molecule has 106 valence electrons. The van der Waals surface area contributed by atoms with Crippen molar-refractivity contribution in [2.45, 2.75) is 32.1 Å². The summed E-state index contributed by atoms with van der Waals surface area (Å²) < 4.78 is 5.61. The van der Waals surface area contributed by atoms with Gasteiger partial charge in [0.05, 0.1) is 12.2 Å². The maximum Gasteiger partial charge on any atom is 0.0916 e. The molecular weight excluding hydrogens is 240 g/mol. The molecule has 1 aromatic rings. The van der Waals surface area contributed by atoms with Crippen LogP contribution in [0.4, 0.5) is 0 Å². The molecule has 0 amide bonds. The van der Waals surface area contributed by atoms with Crippen molar-refractivity contribution in [1.29, 1.82) is 0 Å². The average Bonchev–Trinajstić information content (AvgIpc) is 2.63. The van der Waals surface area contributed by atoms with Crippen LogP contribution < -0.4 is 5.73 Å². The summed E-state index contributed by atoms with van der Waals surface area (Å²) in [5.41, 5.74) is 7.62. The summed E-state index contributed by atoms with van der Waals surface area (Å²) in [4.78, 5) is 2.28. The third-order valence-corrected chi connectivity index (χ3v) is 3.57. The Labute approximate surface area is 115 Å². The van der Waals surface area contributed by atoms with E-state index in [1.165, 1.54) is 0 Å². The van der Waals surface area contributed by atoms with E-state index in [1.807, 2.05) is 24.3 Å². The van der Waals surface area contributed by atoms with Crippen LogP contribution in [0.25, 0.3) is 0 Å². The van der Waals surface area contributed by atoms with Gasteiger partial charge >= 0.3 is 0 Å². The average molecular weight is 264 g/mol. The molecule has 1 saturated heterocycles. The number of nitrogens with zero attached hydrogens (tertiary/aromatic N) is 1. The molecule has 1 aromatic carbocycles. The van der Waals surface area contributed by atoms with E-state index >= 15 is 0 Å². The fraction of sp³-hybridized carbons (Fsp3) is 0.600. The van der Waals surface area contributed by atoms with Gasteiger partial charge in [-0.1, -0.05) is 24.3 Å². The smallest absolute Gasteiger partial charge is 0.0916 e. The fourth-order valence-electron chi connectivity index (χ4n) is 2.47. The molecule has 2 atom stereocenters. The van der Waals surface area contributed by atoms with Crippen molar-refractivity contribution in [3.63, 3.8) is 0 Å². The standard InChI is InChI=1S/C15H24N2O2/c1-12-10-17(7-2-8-19-12)11-15(18)14-5-3-13(9-16)4-6-14/h3-6,12,15,18H,2,7-11,16H2,1H3. The monoisotopic (exact) mass is 264 g/mol. The lowest BCUT2D eigenvalue weighted by Crippen LogP contribution is -2.33. The maximum atomic E-state index is 10.3. The Morgan fingerprint density at radius 2 is 2.16 bits per heavy atom. The van der Waals surface area contributed by atoms with E-state index in [2.05, 4.69) is 11.8 Å². The van der Waals surface area contributed by atoms with E-state index in [1.54, 1.807) is 0 Å². The van der Waals surface area contributed by atoms with E-state index in [4.69, 9.17) is 10.5 Å². The minimum absolute atomic E-state index is 0.245. The molecule has 2 rings (SSSR count). The summed E-state index contributed by atoms with van der Waals surface area (Å²) in [6, 6.07) is 7.88. The van der Waals surface area contributed by atoms with Crippen molar-refractivity contribution in [3.8, 4) is 0 Å². The van der Waals surface area contributed by atoms with E-state index in [0.717, 1.165) is 37.2 Å². The van der Waals surface area contributed by atoms with Crippen LogP contribution in [0.3, 0.4) is 0 Å². The highest BCUT2D eigenvalue weighted by molar-refractivity contribution is 5.24. The van der Waals surface area contributed by atoms with Crippen LogP contribution in [-0.2, 0) is 11.3 Å². The second-order valence-corrected chi connectivity index (χ2v) is 5.26. The molecule has 1 aliphatic rings. The molecule has 1 heterocycles. The Balaban J connectivity index is 1.93. The molecule has 0 aliphatic carbocycles. The SMILES string of the molecule is CC1CN(CC(O)c2ccc(CN)cc2)CCCO1. The van der Waals surface area contributed by atoms with Crippen molar-refractivity contribution in [3.05, 3.63) is 35.4 Å². The molecule has 0 radical (unpaired) electrons. The molecule has 3 N–H and O–H groups in total. The van der Waals surface area contributed by atoms with Crippen molar-refractivity contribution < 1.29 is 9.84 Å². The number of aliphatic hydroxyl groups is 1. The summed E-state index contributed by atoms with van der Waals surface area (Å²) in [7, 11) is 0. The number of aliphatic hydroxyl groups excluding tert-OH is 1. The molecule has 1 fully saturated rings. The minimum Gasteiger partial charge on any atom is -0.387 e. The third-order valence-electron chi connectivity index (χ3n) is 3.57. The van der Waals surface area contributed by atoms with Crippen LogP contribution in [0.5, 0.6) is 0 Å². The van der Waals surface area contributed by atoms with E-state index < -0.39 is 6.10 Å². The van der Waals surface area contributed by atoms with Crippen LogP contribution >= 0.6 is 0 Å². The zero-order valence-electron chi connectivity index (χ0n) is 11.6. The lowest BCUT2D eigenvalue weighted by molar-refractivity contribution is 0.0562. The summed E-state index contributed by atoms with van der Waals surface area (Å²) >= 11 is 0. The fourth-order valence-corrected chi connectivity index (χ4v) is 2.47. The van der Waals surface area contributed by atoms with Crippen LogP contribution in [-0.4, -0.2) is 42.4 Å². The van der Waals surface area contributed by atoms with Crippen molar-refractivity contribution in [2.75, 3.05) is 26.2 Å². The first-order valence-electron chi connectivity index (χ1n) is 7.00. The van der Waals surface area contributed by atoms with Gasteiger partial charge in [0.25, 0.3) is 0 Å². The first-order chi connectivity index (χ1) is 9.19. The Morgan fingerprint density at radius 1 is 1.42 bits per heavy atom. The number of hydrogen-bond acceptors (Lipinski definition) is 4. The van der Waals surface area contributed by atoms with Gasteiger partial charge in [0.1, 0.15) is 0 Å². The van der Waals surface area contributed by atoms with Crippen LogP contribution in [0.2, 0.25) is 0 Å². The zero-order chi connectivity index (χ0) is 13.7. The Kier molecular flexibility index (Phi) is 5.34. The van der Waals surface area contributed by atoms with Gasteiger partial charge in [-0.05, 0) is 24.5 Å². The lowest BCUT2D eigenvalue weighted by Gasteiger charge is -2.24. The second kappa shape index (κ2) is 7.01. The van der Waals surface area contributed by atoms with E-state index in [-0.39, 0.29) is 6.10 Å². The molecule has 4 nitrogen and oxygen atoms in total. The first-order valence-corrected chi connectivity index (χ1v) is 7.00. The van der Waals surface area contributed by atoms with Gasteiger partial charge in [-0.2, -0.15) is 0 Å². The Morgan fingerprint density at radius 3 is 2.84 bits per heavy atom. The van der Waals surface area contributed by atoms with Crippen LogP contribution in [0, 0.1) is 0 Å². The Hall–Kier alpha value is -0.940. The first kappa shape index (κ1) is 14.5. The quantitative estimate of drug-likeness (QED) is 0.860. The number of benzene rings is 1. The third kappa shape index (κ3) is 4.28. The van der Waals surface area contributed by atoms with Crippen molar-refractivity contribution >= 4 is 0 Å². The van der Waals surface area contributed by atoms with E-state index in [0.29, 0.717) is 13.1 Å². The molecule has 0 aromatic heterocycles. The van der Waals surface area contributed by atoms with Gasteiger partial charge in [-0.15, -0.1) is 0 Å². The summed E-state index contributed by atoms with van der Waals surface area (Å²) in [6.07, 6.45) is 0.829. The van der Waals surface area contributed by atoms with Gasteiger partial charge in [0, 0.05) is 32.8 Å². The zero-order valence-corrected chi connectivity index (χ0v) is 11.6. The summed E-state index contributed by atoms with van der Waals surface area (Å²) in [5.74, 6) is 0. The van der Waals surface area contributed by atoms with Crippen molar-refractivity contribution in [1.82, 2.24) is 4.90 Å². The highest BCUT2D eigenvalue weighted by Gasteiger charge is 2.18. The van der Waals surface area contributed by atoms with Gasteiger partial charge < -0.3 is 15.6 Å². The predicted molar refractivity (Wildman–Crippen MR) is 75.8 cm³/mol. The van der Waals surface area contributed by atoms with Gasteiger partial charge in [-0.25, -0.2) is 0 Å². The second-order valence-electron chi connectivity index (χ2n) is 5.26. The van der Waals surface area contributed by atoms with Gasteiger partial charge in [-0.3, -0.25) is 4.90 Å². The molecule has 0 spiro atoms. The number of ether oxygens (including phenoxy) is 1.